The van der Waals surface area contributed by atoms with Gasteiger partial charge in [0, 0.05) is 30.3 Å². The number of ether oxygens (including phenoxy) is 1. The number of aliphatic hydroxyl groups excluding tert-OH is 1. The summed E-state index contributed by atoms with van der Waals surface area (Å²) in [7, 11) is 0. The van der Waals surface area contributed by atoms with E-state index < -0.39 is 6.09 Å². The lowest BCUT2D eigenvalue weighted by molar-refractivity contribution is -0.119. The van der Waals surface area contributed by atoms with Crippen molar-refractivity contribution in [3.63, 3.8) is 0 Å². The van der Waals surface area contributed by atoms with Crippen LogP contribution >= 0.6 is 0 Å². The molecule has 1 aliphatic heterocycles. The lowest BCUT2D eigenvalue weighted by atomic mass is 10.0. The molecule has 4 rings (SSSR count). The number of hydrogen-bond acceptors (Lipinski definition) is 6. The summed E-state index contributed by atoms with van der Waals surface area (Å²) in [6, 6.07) is 5.96. The van der Waals surface area contributed by atoms with E-state index in [1.54, 1.807) is 4.90 Å². The highest BCUT2D eigenvalue weighted by Gasteiger charge is 2.33. The molecule has 2 amide bonds. The standard InChI is InChI=1S/C20H25N5O4/c1-12(27)22-10-15-11-25(20(28)29-15)14-5-6-16-13(9-14)3-2-4-17-18(16)23-24-19(17)21-7-8-26/h5-6,9,15,26H,2-4,7-8,10-11H2,1H3,(H,22,27)(H2,21,23,24)/t15-/m0/s1. The number of anilines is 2. The Bertz CT molecular complexity index is 926. The molecule has 0 spiro atoms. The quantitative estimate of drug-likeness (QED) is 0.583. The lowest BCUT2D eigenvalue weighted by Crippen LogP contribution is -2.33. The fourth-order valence-electron chi connectivity index (χ4n) is 3.90. The third-order valence-corrected chi connectivity index (χ3v) is 5.27. The minimum absolute atomic E-state index is 0.0520. The predicted octanol–water partition coefficient (Wildman–Crippen LogP) is 1.43. The minimum atomic E-state index is -0.397. The second-order valence-corrected chi connectivity index (χ2v) is 7.32. The topological polar surface area (TPSA) is 120 Å². The molecule has 0 saturated carbocycles. The second kappa shape index (κ2) is 8.12. The molecular formula is C20H25N5O4. The number of aryl methyl sites for hydroxylation is 1. The SMILES string of the molecule is CC(=O)NC[C@H]1CN(c2ccc3c(c2)CCCc2c(NCCO)n[nH]c2-3)C(=O)O1. The van der Waals surface area contributed by atoms with Gasteiger partial charge in [-0.05, 0) is 37.0 Å². The summed E-state index contributed by atoms with van der Waals surface area (Å²) < 4.78 is 5.37. The van der Waals surface area contributed by atoms with Gasteiger partial charge in [0.1, 0.15) is 6.10 Å². The van der Waals surface area contributed by atoms with Gasteiger partial charge in [0.25, 0.3) is 0 Å². The van der Waals surface area contributed by atoms with Crippen molar-refractivity contribution in [3.8, 4) is 11.3 Å². The number of aromatic amines is 1. The van der Waals surface area contributed by atoms with E-state index >= 15 is 0 Å². The molecule has 0 bridgehead atoms. The second-order valence-electron chi connectivity index (χ2n) is 7.32. The maximum absolute atomic E-state index is 12.3. The van der Waals surface area contributed by atoms with E-state index in [-0.39, 0.29) is 18.6 Å². The number of carbonyl (C=O) groups is 2. The Morgan fingerprint density at radius 1 is 1.41 bits per heavy atom. The minimum Gasteiger partial charge on any atom is -0.442 e. The number of aromatic nitrogens is 2. The monoisotopic (exact) mass is 399 g/mol. The van der Waals surface area contributed by atoms with Gasteiger partial charge in [0.15, 0.2) is 5.82 Å². The first-order valence-corrected chi connectivity index (χ1v) is 9.84. The Labute approximate surface area is 168 Å². The van der Waals surface area contributed by atoms with E-state index in [9.17, 15) is 9.59 Å². The lowest BCUT2D eigenvalue weighted by Gasteiger charge is -2.16. The highest BCUT2D eigenvalue weighted by molar-refractivity contribution is 5.90. The van der Waals surface area contributed by atoms with Crippen molar-refractivity contribution in [1.82, 2.24) is 15.5 Å². The Balaban J connectivity index is 1.56. The summed E-state index contributed by atoms with van der Waals surface area (Å²) >= 11 is 0. The number of cyclic esters (lactones) is 1. The maximum Gasteiger partial charge on any atom is 0.414 e. The van der Waals surface area contributed by atoms with Gasteiger partial charge >= 0.3 is 6.09 Å². The van der Waals surface area contributed by atoms with Crippen LogP contribution in [0.5, 0.6) is 0 Å². The van der Waals surface area contributed by atoms with E-state index in [1.165, 1.54) is 6.92 Å². The van der Waals surface area contributed by atoms with Crippen molar-refractivity contribution in [2.45, 2.75) is 32.3 Å². The van der Waals surface area contributed by atoms with Gasteiger partial charge < -0.3 is 20.5 Å². The highest BCUT2D eigenvalue weighted by atomic mass is 16.6. The van der Waals surface area contributed by atoms with Crippen LogP contribution in [-0.2, 0) is 22.4 Å². The van der Waals surface area contributed by atoms with Gasteiger partial charge in [-0.15, -0.1) is 0 Å². The number of nitrogens with zero attached hydrogens (tertiary/aromatic N) is 2. The molecule has 1 aliphatic carbocycles. The van der Waals surface area contributed by atoms with Crippen LogP contribution in [0.15, 0.2) is 18.2 Å². The molecule has 2 heterocycles. The number of fused-ring (bicyclic) bond motifs is 3. The van der Waals surface area contributed by atoms with Crippen LogP contribution in [0.1, 0.15) is 24.5 Å². The molecule has 9 heteroatoms. The number of carbonyl (C=O) groups excluding carboxylic acids is 2. The summed E-state index contributed by atoms with van der Waals surface area (Å²) in [6.45, 7) is 2.66. The summed E-state index contributed by atoms with van der Waals surface area (Å²) in [4.78, 5) is 25.0. The van der Waals surface area contributed by atoms with E-state index in [0.29, 0.717) is 19.6 Å². The van der Waals surface area contributed by atoms with Crippen molar-refractivity contribution < 1.29 is 19.4 Å². The summed E-state index contributed by atoms with van der Waals surface area (Å²) in [5, 5.41) is 22.4. The van der Waals surface area contributed by atoms with Crippen LogP contribution in [0.25, 0.3) is 11.3 Å². The number of rotatable bonds is 6. The van der Waals surface area contributed by atoms with Gasteiger partial charge in [0.05, 0.1) is 25.4 Å². The Kier molecular flexibility index (Phi) is 5.39. The third-order valence-electron chi connectivity index (χ3n) is 5.27. The zero-order valence-electron chi connectivity index (χ0n) is 16.3. The van der Waals surface area contributed by atoms with Gasteiger partial charge in [-0.1, -0.05) is 6.07 Å². The Morgan fingerprint density at radius 2 is 2.28 bits per heavy atom. The largest absolute Gasteiger partial charge is 0.442 e. The van der Waals surface area contributed by atoms with Crippen LogP contribution in [0.4, 0.5) is 16.3 Å². The maximum atomic E-state index is 12.3. The summed E-state index contributed by atoms with van der Waals surface area (Å²) in [6.07, 6.45) is 1.99. The van der Waals surface area contributed by atoms with Gasteiger partial charge in [-0.3, -0.25) is 14.8 Å². The highest BCUT2D eigenvalue weighted by Crippen LogP contribution is 2.36. The molecule has 1 fully saturated rings. The molecule has 2 aromatic rings. The van der Waals surface area contributed by atoms with Crippen LogP contribution < -0.4 is 15.5 Å². The van der Waals surface area contributed by atoms with E-state index in [1.807, 2.05) is 18.2 Å². The number of hydrogen-bond donors (Lipinski definition) is 4. The molecule has 1 aromatic heterocycles. The zero-order valence-corrected chi connectivity index (χ0v) is 16.3. The molecule has 0 unspecified atom stereocenters. The first-order chi connectivity index (χ1) is 14.1. The fourth-order valence-corrected chi connectivity index (χ4v) is 3.90. The normalized spacial score (nSPS) is 17.9. The summed E-state index contributed by atoms with van der Waals surface area (Å²) in [5.74, 6) is 0.641. The van der Waals surface area contributed by atoms with E-state index in [0.717, 1.165) is 53.2 Å². The number of nitrogens with one attached hydrogen (secondary N) is 3. The van der Waals surface area contributed by atoms with Crippen LogP contribution in [0.2, 0.25) is 0 Å². The Morgan fingerprint density at radius 3 is 3.07 bits per heavy atom. The molecule has 4 N–H and O–H groups in total. The van der Waals surface area contributed by atoms with E-state index in [2.05, 4.69) is 20.8 Å². The molecule has 29 heavy (non-hydrogen) atoms. The number of H-pyrrole nitrogens is 1. The molecule has 154 valence electrons. The van der Waals surface area contributed by atoms with Crippen molar-refractivity contribution in [2.75, 3.05) is 36.5 Å². The fraction of sp³-hybridized carbons (Fsp3) is 0.450. The predicted molar refractivity (Wildman–Crippen MR) is 108 cm³/mol. The number of amides is 2. The molecule has 9 nitrogen and oxygen atoms in total. The first kappa shape index (κ1) is 19.3. The van der Waals surface area contributed by atoms with Crippen LogP contribution in [0, 0.1) is 0 Å². The van der Waals surface area contributed by atoms with Gasteiger partial charge in [0.2, 0.25) is 5.91 Å². The summed E-state index contributed by atoms with van der Waals surface area (Å²) in [5.41, 5.74) is 5.13. The van der Waals surface area contributed by atoms with E-state index in [4.69, 9.17) is 9.84 Å². The smallest absolute Gasteiger partial charge is 0.414 e. The molecule has 0 radical (unpaired) electrons. The van der Waals surface area contributed by atoms with Gasteiger partial charge in [-0.25, -0.2) is 4.79 Å². The van der Waals surface area contributed by atoms with Crippen LogP contribution in [-0.4, -0.2) is 59.6 Å². The first-order valence-electron chi connectivity index (χ1n) is 9.84. The molecule has 1 aromatic carbocycles. The average molecular weight is 399 g/mol. The number of benzene rings is 1. The van der Waals surface area contributed by atoms with Crippen molar-refractivity contribution in [2.24, 2.45) is 0 Å². The van der Waals surface area contributed by atoms with Crippen molar-refractivity contribution >= 4 is 23.5 Å². The third kappa shape index (κ3) is 3.91. The zero-order chi connectivity index (χ0) is 20.4. The molecule has 1 saturated heterocycles. The molecule has 2 aliphatic rings. The average Bonchev–Trinajstić information content (AvgIpc) is 3.22. The Hall–Kier alpha value is -3.07. The molecular weight excluding hydrogens is 374 g/mol. The van der Waals surface area contributed by atoms with Crippen LogP contribution in [0.3, 0.4) is 0 Å². The van der Waals surface area contributed by atoms with Gasteiger partial charge in [-0.2, -0.15) is 5.10 Å². The molecule has 1 atom stereocenters. The van der Waals surface area contributed by atoms with Crippen molar-refractivity contribution in [3.05, 3.63) is 29.3 Å². The number of aliphatic hydroxyl groups is 1. The van der Waals surface area contributed by atoms with Crippen molar-refractivity contribution in [1.29, 1.82) is 0 Å².